The van der Waals surface area contributed by atoms with Crippen LogP contribution in [0.25, 0.3) is 0 Å². The van der Waals surface area contributed by atoms with Crippen LogP contribution in [0.4, 0.5) is 5.69 Å². The fourth-order valence-electron chi connectivity index (χ4n) is 6.32. The number of anilines is 1. The normalized spacial score (nSPS) is 28.7. The lowest BCUT2D eigenvalue weighted by Crippen LogP contribution is -2.54. The topological polar surface area (TPSA) is 116 Å². The smallest absolute Gasteiger partial charge is 0.253 e. The first-order valence-corrected chi connectivity index (χ1v) is 12.8. The fourth-order valence-corrected chi connectivity index (χ4v) is 6.32. The molecule has 4 fully saturated rings. The second-order valence-electron chi connectivity index (χ2n) is 10.4. The Morgan fingerprint density at radius 2 is 1.74 bits per heavy atom. The molecule has 5 atom stereocenters. The van der Waals surface area contributed by atoms with Gasteiger partial charge < -0.3 is 26.2 Å². The van der Waals surface area contributed by atoms with Gasteiger partial charge in [-0.1, -0.05) is 30.3 Å². The van der Waals surface area contributed by atoms with Gasteiger partial charge in [-0.25, -0.2) is 0 Å². The number of hydrogen-bond acceptors (Lipinski definition) is 5. The van der Waals surface area contributed by atoms with Gasteiger partial charge in [-0.2, -0.15) is 0 Å². The SMILES string of the molecule is NCc1cccc(C2CCN(C(=O)c3cccc(NC(=O)[C@@H]4C[C@H]5CC[C@@H]4[C@@H](O)[C@H]5O)c3)CC2)c1. The Bertz CT molecular complexity index is 1080. The van der Waals surface area contributed by atoms with Gasteiger partial charge in [0.2, 0.25) is 5.91 Å². The molecule has 0 unspecified atom stereocenters. The first-order valence-electron chi connectivity index (χ1n) is 12.8. The predicted octanol–water partition coefficient (Wildman–Crippen LogP) is 2.87. The molecule has 6 rings (SSSR count). The van der Waals surface area contributed by atoms with Crippen molar-refractivity contribution in [1.82, 2.24) is 4.90 Å². The summed E-state index contributed by atoms with van der Waals surface area (Å²) in [7, 11) is 0. The summed E-state index contributed by atoms with van der Waals surface area (Å²) in [6.07, 6.45) is 2.46. The number of carbonyl (C=O) groups is 2. The number of piperidine rings is 1. The molecule has 3 aliphatic carbocycles. The first kappa shape index (κ1) is 24.0. The number of benzene rings is 2. The van der Waals surface area contributed by atoms with E-state index in [4.69, 9.17) is 5.73 Å². The minimum absolute atomic E-state index is 0.0227. The maximum absolute atomic E-state index is 13.2. The van der Waals surface area contributed by atoms with Gasteiger partial charge in [-0.3, -0.25) is 9.59 Å². The number of aliphatic hydroxyl groups excluding tert-OH is 2. The van der Waals surface area contributed by atoms with E-state index in [-0.39, 0.29) is 29.6 Å². The van der Waals surface area contributed by atoms with Crippen molar-refractivity contribution in [3.05, 3.63) is 65.2 Å². The van der Waals surface area contributed by atoms with Crippen molar-refractivity contribution in [3.63, 3.8) is 0 Å². The molecule has 5 N–H and O–H groups in total. The summed E-state index contributed by atoms with van der Waals surface area (Å²) in [5, 5.41) is 23.5. The fraction of sp³-hybridized carbons (Fsp3) is 0.500. The van der Waals surface area contributed by atoms with Crippen LogP contribution in [0.15, 0.2) is 48.5 Å². The molecule has 0 spiro atoms. The highest BCUT2D eigenvalue weighted by Gasteiger charge is 2.49. The lowest BCUT2D eigenvalue weighted by molar-refractivity contribution is -0.150. The molecule has 1 aliphatic heterocycles. The molecule has 186 valence electrons. The van der Waals surface area contributed by atoms with Crippen LogP contribution in [0.5, 0.6) is 0 Å². The Morgan fingerprint density at radius 1 is 0.971 bits per heavy atom. The lowest BCUT2D eigenvalue weighted by atomic mass is 9.61. The molecule has 0 radical (unpaired) electrons. The van der Waals surface area contributed by atoms with Crippen LogP contribution in [-0.4, -0.2) is 52.2 Å². The van der Waals surface area contributed by atoms with E-state index in [1.807, 2.05) is 11.0 Å². The Hall–Kier alpha value is -2.74. The van der Waals surface area contributed by atoms with Crippen molar-refractivity contribution < 1.29 is 19.8 Å². The van der Waals surface area contributed by atoms with Crippen LogP contribution in [-0.2, 0) is 11.3 Å². The zero-order valence-corrected chi connectivity index (χ0v) is 20.0. The van der Waals surface area contributed by atoms with E-state index in [9.17, 15) is 19.8 Å². The van der Waals surface area contributed by atoms with E-state index < -0.39 is 12.2 Å². The number of rotatable bonds is 5. The van der Waals surface area contributed by atoms with E-state index in [2.05, 4.69) is 23.5 Å². The standard InChI is InChI=1S/C28H35N3O4/c29-16-17-3-1-4-19(13-17)18-9-11-31(12-10-18)28(35)21-5-2-6-22(14-21)30-27(34)24-15-20-7-8-23(24)26(33)25(20)32/h1-6,13-14,18,20,23-26,32-33H,7-12,15-16,29H2,(H,30,34)/t20-,23+,24-,25+,26-/m1/s1. The van der Waals surface area contributed by atoms with Crippen molar-refractivity contribution in [3.8, 4) is 0 Å². The van der Waals surface area contributed by atoms with Crippen molar-refractivity contribution in [2.75, 3.05) is 18.4 Å². The summed E-state index contributed by atoms with van der Waals surface area (Å²) in [6, 6.07) is 15.5. The molecule has 1 saturated heterocycles. The van der Waals surface area contributed by atoms with E-state index in [1.165, 1.54) is 5.56 Å². The summed E-state index contributed by atoms with van der Waals surface area (Å²) in [4.78, 5) is 28.1. The average molecular weight is 478 g/mol. The largest absolute Gasteiger partial charge is 0.390 e. The first-order chi connectivity index (χ1) is 16.9. The zero-order valence-electron chi connectivity index (χ0n) is 20.0. The number of aliphatic hydroxyl groups is 2. The third-order valence-corrected chi connectivity index (χ3v) is 8.37. The monoisotopic (exact) mass is 477 g/mol. The number of likely N-dealkylation sites (tertiary alicyclic amines) is 1. The molecule has 2 amide bonds. The zero-order chi connectivity index (χ0) is 24.5. The van der Waals surface area contributed by atoms with Gasteiger partial charge in [0.25, 0.3) is 5.91 Å². The minimum atomic E-state index is -0.841. The molecule has 2 aromatic carbocycles. The molecule has 2 bridgehead atoms. The highest BCUT2D eigenvalue weighted by atomic mass is 16.3. The number of nitrogens with zero attached hydrogens (tertiary/aromatic N) is 1. The number of amides is 2. The van der Waals surface area contributed by atoms with E-state index >= 15 is 0 Å². The number of hydrogen-bond donors (Lipinski definition) is 4. The van der Waals surface area contributed by atoms with Crippen LogP contribution in [0.1, 0.15) is 59.5 Å². The van der Waals surface area contributed by atoms with Gasteiger partial charge in [0.15, 0.2) is 0 Å². The van der Waals surface area contributed by atoms with Crippen LogP contribution >= 0.6 is 0 Å². The van der Waals surface area contributed by atoms with Crippen LogP contribution < -0.4 is 11.1 Å². The van der Waals surface area contributed by atoms with Gasteiger partial charge in [-0.05, 0) is 79.2 Å². The maximum Gasteiger partial charge on any atom is 0.253 e. The quantitative estimate of drug-likeness (QED) is 0.529. The Morgan fingerprint density at radius 3 is 2.49 bits per heavy atom. The summed E-state index contributed by atoms with van der Waals surface area (Å²) in [5.41, 5.74) is 9.36. The third kappa shape index (κ3) is 4.85. The Balaban J connectivity index is 1.20. The van der Waals surface area contributed by atoms with Crippen molar-refractivity contribution in [2.24, 2.45) is 23.5 Å². The molecular formula is C28H35N3O4. The Labute approximate surface area is 206 Å². The van der Waals surface area contributed by atoms with Crippen molar-refractivity contribution >= 4 is 17.5 Å². The van der Waals surface area contributed by atoms with Crippen molar-refractivity contribution in [2.45, 2.75) is 56.8 Å². The van der Waals surface area contributed by atoms with E-state index in [0.29, 0.717) is 43.2 Å². The maximum atomic E-state index is 13.2. The highest BCUT2D eigenvalue weighted by molar-refractivity contribution is 5.98. The second kappa shape index (κ2) is 10.1. The second-order valence-corrected chi connectivity index (χ2v) is 10.4. The van der Waals surface area contributed by atoms with Crippen LogP contribution in [0.3, 0.4) is 0 Å². The predicted molar refractivity (Wildman–Crippen MR) is 134 cm³/mol. The molecule has 1 heterocycles. The number of fused-ring (bicyclic) bond motifs is 3. The summed E-state index contributed by atoms with van der Waals surface area (Å²) >= 11 is 0. The molecule has 35 heavy (non-hydrogen) atoms. The molecule has 3 saturated carbocycles. The van der Waals surface area contributed by atoms with Gasteiger partial charge in [0.05, 0.1) is 12.2 Å². The number of nitrogens with two attached hydrogens (primary N) is 1. The average Bonchev–Trinajstić information content (AvgIpc) is 2.91. The van der Waals surface area contributed by atoms with Gasteiger partial charge >= 0.3 is 0 Å². The third-order valence-electron chi connectivity index (χ3n) is 8.37. The number of carbonyl (C=O) groups excluding carboxylic acids is 2. The summed E-state index contributed by atoms with van der Waals surface area (Å²) < 4.78 is 0. The molecule has 4 aliphatic rings. The minimum Gasteiger partial charge on any atom is -0.390 e. The highest BCUT2D eigenvalue weighted by Crippen LogP contribution is 2.45. The van der Waals surface area contributed by atoms with Gasteiger partial charge in [0, 0.05) is 36.8 Å². The van der Waals surface area contributed by atoms with E-state index in [0.717, 1.165) is 31.2 Å². The van der Waals surface area contributed by atoms with Crippen LogP contribution in [0.2, 0.25) is 0 Å². The molecular weight excluding hydrogens is 442 g/mol. The van der Waals surface area contributed by atoms with E-state index in [1.54, 1.807) is 24.3 Å². The molecule has 7 nitrogen and oxygen atoms in total. The van der Waals surface area contributed by atoms with Gasteiger partial charge in [0.1, 0.15) is 0 Å². The number of nitrogens with one attached hydrogen (secondary N) is 1. The molecule has 0 aromatic heterocycles. The lowest BCUT2D eigenvalue weighted by Gasteiger charge is -2.47. The molecule has 2 aromatic rings. The Kier molecular flexibility index (Phi) is 6.91. The van der Waals surface area contributed by atoms with Crippen LogP contribution in [0, 0.1) is 17.8 Å². The summed E-state index contributed by atoms with van der Waals surface area (Å²) in [6.45, 7) is 1.92. The van der Waals surface area contributed by atoms with Crippen molar-refractivity contribution in [1.29, 1.82) is 0 Å². The van der Waals surface area contributed by atoms with Gasteiger partial charge in [-0.15, -0.1) is 0 Å². The molecule has 7 heteroatoms. The summed E-state index contributed by atoms with van der Waals surface area (Å²) in [5.74, 6) is -0.300.